The highest BCUT2D eigenvalue weighted by molar-refractivity contribution is 4.43. The molecule has 0 amide bonds. The van der Waals surface area contributed by atoms with E-state index in [0.717, 1.165) is 26.1 Å². The summed E-state index contributed by atoms with van der Waals surface area (Å²) in [5.74, 6) is 0. The Balaban J connectivity index is 3.03. The van der Waals surface area contributed by atoms with Gasteiger partial charge in [-0.1, -0.05) is 58.8 Å². The Labute approximate surface area is 287 Å². The molecule has 0 saturated carbocycles. The lowest BCUT2D eigenvalue weighted by Crippen LogP contribution is -2.15. The van der Waals surface area contributed by atoms with Gasteiger partial charge in [-0.3, -0.25) is 0 Å². The summed E-state index contributed by atoms with van der Waals surface area (Å²) in [6, 6.07) is 0. The van der Waals surface area contributed by atoms with Crippen LogP contribution in [0, 0.1) is 0 Å². The summed E-state index contributed by atoms with van der Waals surface area (Å²) in [6.07, 6.45) is 11.2. The fourth-order valence-electron chi connectivity index (χ4n) is 3.96. The maximum atomic E-state index is 5.56. The molecule has 0 fully saturated rings. The molecule has 0 rings (SSSR count). The zero-order chi connectivity index (χ0) is 33.8. The first-order chi connectivity index (χ1) is 23.4. The van der Waals surface area contributed by atoms with Gasteiger partial charge >= 0.3 is 0 Å². The predicted molar refractivity (Wildman–Crippen MR) is 183 cm³/mol. The zero-order valence-corrected chi connectivity index (χ0v) is 30.2. The Hall–Kier alpha value is -0.480. The van der Waals surface area contributed by atoms with E-state index in [4.69, 9.17) is 56.8 Å². The molecule has 12 nitrogen and oxygen atoms in total. The first kappa shape index (κ1) is 46.5. The van der Waals surface area contributed by atoms with E-state index in [1.165, 1.54) is 44.9 Å². The average molecular weight is 685 g/mol. The van der Waals surface area contributed by atoms with Crippen LogP contribution in [0.5, 0.6) is 0 Å². The van der Waals surface area contributed by atoms with E-state index < -0.39 is 0 Å². The molecule has 284 valence electrons. The SMILES string of the molecule is CCCCCCCOCCOCCOCCOCCOCCOCCOCCOCCOCCOCCOCCOCCCCCC. The molecule has 0 unspecified atom stereocenters. The summed E-state index contributed by atoms with van der Waals surface area (Å²) in [5, 5.41) is 0. The molecule has 0 aliphatic rings. The van der Waals surface area contributed by atoms with Gasteiger partial charge in [0, 0.05) is 13.2 Å². The average Bonchev–Trinajstić information content (AvgIpc) is 3.08. The van der Waals surface area contributed by atoms with E-state index in [2.05, 4.69) is 13.8 Å². The minimum Gasteiger partial charge on any atom is -0.379 e. The zero-order valence-electron chi connectivity index (χ0n) is 30.2. The van der Waals surface area contributed by atoms with E-state index in [9.17, 15) is 0 Å². The summed E-state index contributed by atoms with van der Waals surface area (Å²) in [6.45, 7) is 18.3. The van der Waals surface area contributed by atoms with Crippen LogP contribution in [0.1, 0.15) is 71.6 Å². The van der Waals surface area contributed by atoms with Gasteiger partial charge in [0.15, 0.2) is 0 Å². The van der Waals surface area contributed by atoms with Crippen LogP contribution in [0.15, 0.2) is 0 Å². The van der Waals surface area contributed by atoms with Crippen LogP contribution < -0.4 is 0 Å². The molecule has 0 aromatic rings. The Kier molecular flexibility index (Phi) is 45.1. The molecule has 47 heavy (non-hydrogen) atoms. The predicted octanol–water partition coefficient (Wildman–Crippen LogP) is 4.74. The molecule has 0 aliphatic heterocycles. The molecule has 0 radical (unpaired) electrons. The third-order valence-corrected chi connectivity index (χ3v) is 6.63. The van der Waals surface area contributed by atoms with Crippen LogP contribution >= 0.6 is 0 Å². The van der Waals surface area contributed by atoms with Crippen LogP contribution in [0.2, 0.25) is 0 Å². The van der Waals surface area contributed by atoms with Gasteiger partial charge in [0.1, 0.15) is 0 Å². The standard InChI is InChI=1S/C35H72O12/c1-3-5-7-9-11-13-37-15-17-39-19-21-41-23-25-43-27-29-45-31-33-47-35-34-46-32-30-44-28-26-42-24-22-40-20-18-38-16-14-36-12-10-8-6-4-2/h3-35H2,1-2H3. The highest BCUT2D eigenvalue weighted by atomic mass is 16.6. The van der Waals surface area contributed by atoms with E-state index in [1.54, 1.807) is 0 Å². The third-order valence-electron chi connectivity index (χ3n) is 6.63. The second-order valence-electron chi connectivity index (χ2n) is 10.8. The number of unbranched alkanes of at least 4 members (excludes halogenated alkanes) is 7. The summed E-state index contributed by atoms with van der Waals surface area (Å²) >= 11 is 0. The maximum Gasteiger partial charge on any atom is 0.0701 e. The molecule has 0 heterocycles. The van der Waals surface area contributed by atoms with Crippen molar-refractivity contribution in [2.45, 2.75) is 71.6 Å². The van der Waals surface area contributed by atoms with Gasteiger partial charge < -0.3 is 56.8 Å². The van der Waals surface area contributed by atoms with Crippen LogP contribution in [0.25, 0.3) is 0 Å². The molecule has 0 N–H and O–H groups in total. The van der Waals surface area contributed by atoms with Gasteiger partial charge in [0.2, 0.25) is 0 Å². The molecule has 0 bridgehead atoms. The molecule has 0 aromatic carbocycles. The summed E-state index contributed by atoms with van der Waals surface area (Å²) < 4.78 is 66.0. The van der Waals surface area contributed by atoms with E-state index in [1.807, 2.05) is 0 Å². The van der Waals surface area contributed by atoms with E-state index in [0.29, 0.717) is 145 Å². The molecule has 0 aromatic heterocycles. The lowest BCUT2D eigenvalue weighted by Gasteiger charge is -2.09. The van der Waals surface area contributed by atoms with Crippen molar-refractivity contribution in [3.8, 4) is 0 Å². The summed E-state index contributed by atoms with van der Waals surface area (Å²) in [7, 11) is 0. The van der Waals surface area contributed by atoms with E-state index in [-0.39, 0.29) is 0 Å². The van der Waals surface area contributed by atoms with Crippen molar-refractivity contribution >= 4 is 0 Å². The number of rotatable bonds is 44. The number of ether oxygens (including phenoxy) is 12. The first-order valence-electron chi connectivity index (χ1n) is 18.3. The van der Waals surface area contributed by atoms with Crippen molar-refractivity contribution in [2.24, 2.45) is 0 Å². The summed E-state index contributed by atoms with van der Waals surface area (Å²) in [4.78, 5) is 0. The highest BCUT2D eigenvalue weighted by Gasteiger charge is 1.97. The van der Waals surface area contributed by atoms with Gasteiger partial charge in [0.25, 0.3) is 0 Å². The Morgan fingerprint density at radius 3 is 0.511 bits per heavy atom. The first-order valence-corrected chi connectivity index (χ1v) is 18.3. The van der Waals surface area contributed by atoms with Gasteiger partial charge in [-0.2, -0.15) is 0 Å². The van der Waals surface area contributed by atoms with Crippen molar-refractivity contribution in [2.75, 3.05) is 159 Å². The quantitative estimate of drug-likeness (QED) is 0.0828. The summed E-state index contributed by atoms with van der Waals surface area (Å²) in [5.41, 5.74) is 0. The highest BCUT2D eigenvalue weighted by Crippen LogP contribution is 2.02. The minimum absolute atomic E-state index is 0.522. The second-order valence-corrected chi connectivity index (χ2v) is 10.8. The molecular weight excluding hydrogens is 612 g/mol. The van der Waals surface area contributed by atoms with Crippen molar-refractivity contribution in [1.82, 2.24) is 0 Å². The third kappa shape index (κ3) is 45.5. The molecule has 0 aliphatic carbocycles. The molecule has 0 saturated heterocycles. The second kappa shape index (κ2) is 45.5. The van der Waals surface area contributed by atoms with Crippen molar-refractivity contribution in [1.29, 1.82) is 0 Å². The molecule has 0 spiro atoms. The Morgan fingerprint density at radius 2 is 0.319 bits per heavy atom. The van der Waals surface area contributed by atoms with Crippen molar-refractivity contribution < 1.29 is 56.8 Å². The van der Waals surface area contributed by atoms with Gasteiger partial charge in [-0.25, -0.2) is 0 Å². The fraction of sp³-hybridized carbons (Fsp3) is 1.00. The van der Waals surface area contributed by atoms with Crippen LogP contribution in [-0.2, 0) is 56.8 Å². The smallest absolute Gasteiger partial charge is 0.0701 e. The number of hydrogen-bond acceptors (Lipinski definition) is 12. The lowest BCUT2D eigenvalue weighted by molar-refractivity contribution is -0.0284. The normalized spacial score (nSPS) is 11.6. The fourth-order valence-corrected chi connectivity index (χ4v) is 3.96. The molecule has 0 atom stereocenters. The van der Waals surface area contributed by atoms with Crippen LogP contribution in [0.4, 0.5) is 0 Å². The minimum atomic E-state index is 0.522. The molecular formula is C35H72O12. The van der Waals surface area contributed by atoms with E-state index >= 15 is 0 Å². The van der Waals surface area contributed by atoms with Crippen molar-refractivity contribution in [3.05, 3.63) is 0 Å². The van der Waals surface area contributed by atoms with Gasteiger partial charge in [-0.05, 0) is 12.8 Å². The van der Waals surface area contributed by atoms with Crippen LogP contribution in [-0.4, -0.2) is 159 Å². The molecule has 12 heteroatoms. The number of hydrogen-bond donors (Lipinski definition) is 0. The van der Waals surface area contributed by atoms with Crippen LogP contribution in [0.3, 0.4) is 0 Å². The van der Waals surface area contributed by atoms with Crippen molar-refractivity contribution in [3.63, 3.8) is 0 Å². The van der Waals surface area contributed by atoms with Gasteiger partial charge in [-0.15, -0.1) is 0 Å². The van der Waals surface area contributed by atoms with Gasteiger partial charge in [0.05, 0.1) is 145 Å². The maximum absolute atomic E-state index is 5.56. The largest absolute Gasteiger partial charge is 0.379 e. The Morgan fingerprint density at radius 1 is 0.170 bits per heavy atom. The lowest BCUT2D eigenvalue weighted by atomic mass is 10.2. The monoisotopic (exact) mass is 685 g/mol. The Bertz CT molecular complexity index is 489. The topological polar surface area (TPSA) is 111 Å².